The zero-order valence-corrected chi connectivity index (χ0v) is 17.3. The second kappa shape index (κ2) is 8.16. The largest absolute Gasteiger partial charge is 0.356 e. The molecule has 0 aliphatic carbocycles. The van der Waals surface area contributed by atoms with Crippen LogP contribution in [0.3, 0.4) is 0 Å². The molecule has 0 saturated carbocycles. The number of halogens is 1. The molecule has 2 aliphatic rings. The minimum Gasteiger partial charge on any atom is -0.356 e. The molecular weight excluding hydrogens is 402 g/mol. The van der Waals surface area contributed by atoms with Crippen molar-refractivity contribution in [3.63, 3.8) is 0 Å². The van der Waals surface area contributed by atoms with Crippen LogP contribution in [-0.2, 0) is 19.5 Å². The quantitative estimate of drug-likeness (QED) is 0.692. The van der Waals surface area contributed by atoms with Gasteiger partial charge in [0.2, 0.25) is 0 Å². The summed E-state index contributed by atoms with van der Waals surface area (Å²) in [6, 6.07) is 9.40. The van der Waals surface area contributed by atoms with Crippen LogP contribution < -0.4 is 5.56 Å². The smallest absolute Gasteiger partial charge is 0.255 e. The fraction of sp³-hybridized carbons (Fsp3) is 0.364. The molecule has 0 saturated heterocycles. The predicted octanol–water partition coefficient (Wildman–Crippen LogP) is 3.61. The fourth-order valence-corrected chi connectivity index (χ4v) is 4.13. The standard InChI is InChI=1S/C22H22ClN5O2/c23-15-6-4-14(5-7-15)20-11-16(27-30-20)12-28-10-8-18-17(13-28)22(29)26-21(25-18)19-3-1-2-9-24-19/h4-7,11H,1-3,8-10,12-13H2,(H,25,26,29). The van der Waals surface area contributed by atoms with E-state index in [1.165, 1.54) is 0 Å². The van der Waals surface area contributed by atoms with E-state index in [9.17, 15) is 4.79 Å². The van der Waals surface area contributed by atoms with Gasteiger partial charge in [0.25, 0.3) is 5.56 Å². The van der Waals surface area contributed by atoms with Crippen LogP contribution >= 0.6 is 11.6 Å². The van der Waals surface area contributed by atoms with Crippen molar-refractivity contribution in [2.45, 2.75) is 38.8 Å². The highest BCUT2D eigenvalue weighted by atomic mass is 35.5. The normalized spacial score (nSPS) is 16.9. The topological polar surface area (TPSA) is 87.4 Å². The number of hydrogen-bond acceptors (Lipinski definition) is 6. The molecule has 30 heavy (non-hydrogen) atoms. The number of nitrogens with zero attached hydrogens (tertiary/aromatic N) is 4. The lowest BCUT2D eigenvalue weighted by atomic mass is 10.0. The molecule has 2 aromatic heterocycles. The maximum atomic E-state index is 12.7. The van der Waals surface area contributed by atoms with E-state index in [1.807, 2.05) is 30.3 Å². The van der Waals surface area contributed by atoms with E-state index in [4.69, 9.17) is 21.1 Å². The number of aromatic nitrogens is 3. The van der Waals surface area contributed by atoms with E-state index in [-0.39, 0.29) is 5.56 Å². The van der Waals surface area contributed by atoms with Crippen LogP contribution in [0.4, 0.5) is 0 Å². The van der Waals surface area contributed by atoms with E-state index >= 15 is 0 Å². The Hall–Kier alpha value is -2.77. The van der Waals surface area contributed by atoms with Gasteiger partial charge in [-0.15, -0.1) is 0 Å². The Bertz CT molecular complexity index is 1150. The van der Waals surface area contributed by atoms with Gasteiger partial charge < -0.3 is 9.51 Å². The van der Waals surface area contributed by atoms with E-state index in [0.717, 1.165) is 67.0 Å². The molecule has 8 heteroatoms. The van der Waals surface area contributed by atoms with Gasteiger partial charge in [-0.2, -0.15) is 0 Å². The van der Waals surface area contributed by atoms with Crippen LogP contribution in [0, 0.1) is 0 Å². The molecule has 2 aliphatic heterocycles. The van der Waals surface area contributed by atoms with Crippen molar-refractivity contribution < 1.29 is 4.52 Å². The van der Waals surface area contributed by atoms with Crippen molar-refractivity contribution in [3.8, 4) is 11.3 Å². The highest BCUT2D eigenvalue weighted by Gasteiger charge is 2.23. The minimum atomic E-state index is -0.0602. The summed E-state index contributed by atoms with van der Waals surface area (Å²) in [6.45, 7) is 2.80. The summed E-state index contributed by atoms with van der Waals surface area (Å²) in [5, 5.41) is 4.88. The molecule has 0 fully saturated rings. The highest BCUT2D eigenvalue weighted by molar-refractivity contribution is 6.30. The van der Waals surface area contributed by atoms with Gasteiger partial charge in [0, 0.05) is 49.3 Å². The lowest BCUT2D eigenvalue weighted by Gasteiger charge is -2.27. The first-order valence-electron chi connectivity index (χ1n) is 10.3. The van der Waals surface area contributed by atoms with E-state index in [1.54, 1.807) is 0 Å². The van der Waals surface area contributed by atoms with Crippen molar-refractivity contribution in [1.29, 1.82) is 0 Å². The molecule has 0 unspecified atom stereocenters. The lowest BCUT2D eigenvalue weighted by molar-refractivity contribution is 0.234. The molecule has 0 amide bonds. The number of aromatic amines is 1. The van der Waals surface area contributed by atoms with Gasteiger partial charge >= 0.3 is 0 Å². The fourth-order valence-electron chi connectivity index (χ4n) is 4.01. The number of fused-ring (bicyclic) bond motifs is 1. The van der Waals surface area contributed by atoms with Crippen LogP contribution in [0.25, 0.3) is 11.3 Å². The zero-order chi connectivity index (χ0) is 20.5. The summed E-state index contributed by atoms with van der Waals surface area (Å²) < 4.78 is 5.50. The Kier molecular flexibility index (Phi) is 5.23. The first-order chi connectivity index (χ1) is 14.7. The average molecular weight is 424 g/mol. The van der Waals surface area contributed by atoms with Crippen LogP contribution in [0.1, 0.15) is 42.0 Å². The van der Waals surface area contributed by atoms with E-state index in [0.29, 0.717) is 29.7 Å². The molecule has 5 rings (SSSR count). The average Bonchev–Trinajstić information content (AvgIpc) is 3.23. The maximum Gasteiger partial charge on any atom is 0.255 e. The SMILES string of the molecule is O=c1[nH]c(C2=NCCCC2)nc2c1CN(Cc1cc(-c3ccc(Cl)cc3)on1)CC2. The zero-order valence-electron chi connectivity index (χ0n) is 16.5. The highest BCUT2D eigenvalue weighted by Crippen LogP contribution is 2.24. The summed E-state index contributed by atoms with van der Waals surface area (Å²) >= 11 is 5.95. The molecule has 4 heterocycles. The molecule has 1 aromatic carbocycles. The lowest BCUT2D eigenvalue weighted by Crippen LogP contribution is -2.36. The van der Waals surface area contributed by atoms with Crippen molar-refractivity contribution in [2.24, 2.45) is 4.99 Å². The van der Waals surface area contributed by atoms with E-state index < -0.39 is 0 Å². The Morgan fingerprint density at radius 1 is 1.17 bits per heavy atom. The van der Waals surface area contributed by atoms with Crippen LogP contribution in [-0.4, -0.2) is 38.8 Å². The van der Waals surface area contributed by atoms with Crippen LogP contribution in [0.15, 0.2) is 44.6 Å². The van der Waals surface area contributed by atoms with Gasteiger partial charge in [0.15, 0.2) is 11.6 Å². The number of benzene rings is 1. The molecule has 3 aromatic rings. The van der Waals surface area contributed by atoms with Gasteiger partial charge in [-0.3, -0.25) is 14.7 Å². The number of nitrogens with one attached hydrogen (secondary N) is 1. The van der Waals surface area contributed by atoms with Crippen molar-refractivity contribution in [1.82, 2.24) is 20.0 Å². The van der Waals surface area contributed by atoms with E-state index in [2.05, 4.69) is 20.0 Å². The Morgan fingerprint density at radius 3 is 2.83 bits per heavy atom. The summed E-state index contributed by atoms with van der Waals surface area (Å²) in [5.74, 6) is 1.35. The van der Waals surface area contributed by atoms with Gasteiger partial charge in [0.05, 0.1) is 22.7 Å². The number of hydrogen-bond donors (Lipinski definition) is 1. The Balaban J connectivity index is 1.31. The maximum absolute atomic E-state index is 12.7. The molecule has 1 N–H and O–H groups in total. The second-order valence-corrected chi connectivity index (χ2v) is 8.21. The first-order valence-corrected chi connectivity index (χ1v) is 10.6. The number of aliphatic imine (C=N–C) groups is 1. The number of H-pyrrole nitrogens is 1. The van der Waals surface area contributed by atoms with Crippen molar-refractivity contribution in [2.75, 3.05) is 13.1 Å². The molecular formula is C22H22ClN5O2. The molecule has 0 spiro atoms. The molecule has 7 nitrogen and oxygen atoms in total. The third-order valence-electron chi connectivity index (χ3n) is 5.62. The monoisotopic (exact) mass is 423 g/mol. The number of rotatable bonds is 4. The molecule has 0 radical (unpaired) electrons. The second-order valence-electron chi connectivity index (χ2n) is 7.78. The van der Waals surface area contributed by atoms with Crippen LogP contribution in [0.2, 0.25) is 5.02 Å². The summed E-state index contributed by atoms with van der Waals surface area (Å²) in [4.78, 5) is 27.1. The molecule has 154 valence electrons. The van der Waals surface area contributed by atoms with Crippen molar-refractivity contribution in [3.05, 3.63) is 68.5 Å². The third kappa shape index (κ3) is 3.95. The van der Waals surface area contributed by atoms with Gasteiger partial charge in [-0.05, 0) is 43.5 Å². The Morgan fingerprint density at radius 2 is 2.03 bits per heavy atom. The minimum absolute atomic E-state index is 0.0602. The summed E-state index contributed by atoms with van der Waals surface area (Å²) in [5.41, 5.74) is 4.26. The van der Waals surface area contributed by atoms with Crippen molar-refractivity contribution >= 4 is 17.3 Å². The molecule has 0 bridgehead atoms. The van der Waals surface area contributed by atoms with Gasteiger partial charge in [-0.25, -0.2) is 4.98 Å². The summed E-state index contributed by atoms with van der Waals surface area (Å²) in [6.07, 6.45) is 3.83. The first kappa shape index (κ1) is 19.2. The van der Waals surface area contributed by atoms with Gasteiger partial charge in [-0.1, -0.05) is 16.8 Å². The van der Waals surface area contributed by atoms with Crippen LogP contribution in [0.5, 0.6) is 0 Å². The molecule has 0 atom stereocenters. The third-order valence-corrected chi connectivity index (χ3v) is 5.87. The van der Waals surface area contributed by atoms with Gasteiger partial charge in [0.1, 0.15) is 0 Å². The predicted molar refractivity (Wildman–Crippen MR) is 115 cm³/mol. The summed E-state index contributed by atoms with van der Waals surface area (Å²) in [7, 11) is 0. The Labute approximate surface area is 178 Å².